The summed E-state index contributed by atoms with van der Waals surface area (Å²) in [6.45, 7) is 1.54. The molecule has 2 aromatic heterocycles. The van der Waals surface area contributed by atoms with Gasteiger partial charge in [-0.1, -0.05) is 48.5 Å². The Labute approximate surface area is 165 Å². The molecule has 4 rings (SSSR count). The Morgan fingerprint density at radius 1 is 1.11 bits per heavy atom. The van der Waals surface area contributed by atoms with Gasteiger partial charge in [-0.15, -0.1) is 11.3 Å². The first-order chi connectivity index (χ1) is 13.6. The number of hydrogen-bond donors (Lipinski definition) is 2. The molecule has 0 fully saturated rings. The van der Waals surface area contributed by atoms with E-state index in [4.69, 9.17) is 4.74 Å². The number of benzene rings is 2. The molecule has 0 radical (unpaired) electrons. The Bertz CT molecular complexity index is 1130. The minimum atomic E-state index is -0.953. The van der Waals surface area contributed by atoms with E-state index in [1.54, 1.807) is 6.20 Å². The molecule has 1 amide bonds. The van der Waals surface area contributed by atoms with Crippen LogP contribution in [0.4, 0.5) is 5.13 Å². The van der Waals surface area contributed by atoms with Crippen molar-refractivity contribution in [2.24, 2.45) is 0 Å². The third-order valence-corrected chi connectivity index (χ3v) is 5.02. The standard InChI is InChI=1S/C21H17N3O3S/c1-13(27-20(26)16-11-22-17-10-6-5-9-15(16)17)19(25)24-21-23-18(12-28-21)14-7-3-2-4-8-14/h2-13,22H,1H3,(H,23,24,25)/t13-/m1/s1. The predicted octanol–water partition coefficient (Wildman–Crippen LogP) is 4.48. The van der Waals surface area contributed by atoms with Gasteiger partial charge >= 0.3 is 5.97 Å². The van der Waals surface area contributed by atoms with Crippen molar-refractivity contribution in [2.45, 2.75) is 13.0 Å². The van der Waals surface area contributed by atoms with Gasteiger partial charge in [0.25, 0.3) is 5.91 Å². The van der Waals surface area contributed by atoms with Gasteiger partial charge in [0.05, 0.1) is 11.3 Å². The van der Waals surface area contributed by atoms with Crippen LogP contribution in [0.3, 0.4) is 0 Å². The molecule has 1 atom stereocenters. The third kappa shape index (κ3) is 3.65. The molecule has 2 heterocycles. The second kappa shape index (κ2) is 7.66. The van der Waals surface area contributed by atoms with Gasteiger partial charge in [0.1, 0.15) is 0 Å². The molecular weight excluding hydrogens is 374 g/mol. The third-order valence-electron chi connectivity index (χ3n) is 4.27. The second-order valence-electron chi connectivity index (χ2n) is 6.19. The monoisotopic (exact) mass is 391 g/mol. The van der Waals surface area contributed by atoms with Crippen LogP contribution in [-0.4, -0.2) is 27.9 Å². The highest BCUT2D eigenvalue weighted by molar-refractivity contribution is 7.14. The lowest BCUT2D eigenvalue weighted by atomic mass is 10.2. The minimum Gasteiger partial charge on any atom is -0.449 e. The number of para-hydroxylation sites is 1. The molecule has 2 N–H and O–H groups in total. The Hall–Kier alpha value is -3.45. The smallest absolute Gasteiger partial charge is 0.341 e. The molecule has 4 aromatic rings. The number of H-pyrrole nitrogens is 1. The van der Waals surface area contributed by atoms with Crippen molar-refractivity contribution in [1.82, 2.24) is 9.97 Å². The van der Waals surface area contributed by atoms with E-state index in [0.717, 1.165) is 22.2 Å². The number of aromatic amines is 1. The first kappa shape index (κ1) is 17.9. The quantitative estimate of drug-likeness (QED) is 0.492. The van der Waals surface area contributed by atoms with Gasteiger partial charge in [-0.2, -0.15) is 0 Å². The number of nitrogens with one attached hydrogen (secondary N) is 2. The van der Waals surface area contributed by atoms with Crippen molar-refractivity contribution in [3.05, 3.63) is 71.7 Å². The SMILES string of the molecule is C[C@@H](OC(=O)c1c[nH]c2ccccc12)C(=O)Nc1nc(-c2ccccc2)cs1. The van der Waals surface area contributed by atoms with Gasteiger partial charge in [0.15, 0.2) is 11.2 Å². The maximum Gasteiger partial charge on any atom is 0.341 e. The summed E-state index contributed by atoms with van der Waals surface area (Å²) >= 11 is 1.32. The van der Waals surface area contributed by atoms with Crippen molar-refractivity contribution in [2.75, 3.05) is 5.32 Å². The fourth-order valence-electron chi connectivity index (χ4n) is 2.80. The van der Waals surface area contributed by atoms with Crippen LogP contribution in [0.15, 0.2) is 66.2 Å². The molecule has 0 aliphatic heterocycles. The zero-order chi connectivity index (χ0) is 19.5. The number of hydrogen-bond acceptors (Lipinski definition) is 5. The molecule has 0 saturated carbocycles. The number of carbonyl (C=O) groups is 2. The molecule has 28 heavy (non-hydrogen) atoms. The summed E-state index contributed by atoms with van der Waals surface area (Å²) in [5.41, 5.74) is 2.99. The number of ether oxygens (including phenoxy) is 1. The number of esters is 1. The van der Waals surface area contributed by atoms with Gasteiger partial charge in [0, 0.05) is 28.0 Å². The van der Waals surface area contributed by atoms with Crippen molar-refractivity contribution in [3.8, 4) is 11.3 Å². The van der Waals surface area contributed by atoms with Crippen LogP contribution in [0.2, 0.25) is 0 Å². The fraction of sp³-hybridized carbons (Fsp3) is 0.0952. The average Bonchev–Trinajstić information content (AvgIpc) is 3.35. The number of thiazole rings is 1. The highest BCUT2D eigenvalue weighted by Crippen LogP contribution is 2.25. The Morgan fingerprint density at radius 2 is 1.86 bits per heavy atom. The second-order valence-corrected chi connectivity index (χ2v) is 7.05. The molecule has 140 valence electrons. The van der Waals surface area contributed by atoms with E-state index in [-0.39, 0.29) is 0 Å². The first-order valence-electron chi connectivity index (χ1n) is 8.71. The summed E-state index contributed by atoms with van der Waals surface area (Å²) in [6, 6.07) is 17.1. The number of rotatable bonds is 5. The molecule has 0 bridgehead atoms. The molecule has 6 nitrogen and oxygen atoms in total. The molecule has 7 heteroatoms. The Balaban J connectivity index is 1.41. The summed E-state index contributed by atoms with van der Waals surface area (Å²) in [6.07, 6.45) is 0.634. The van der Waals surface area contributed by atoms with Gasteiger partial charge in [-0.05, 0) is 13.0 Å². The number of fused-ring (bicyclic) bond motifs is 1. The van der Waals surface area contributed by atoms with Gasteiger partial charge in [0.2, 0.25) is 0 Å². The number of amides is 1. The van der Waals surface area contributed by atoms with Gasteiger partial charge in [-0.25, -0.2) is 9.78 Å². The van der Waals surface area contributed by atoms with Crippen LogP contribution in [0.1, 0.15) is 17.3 Å². The van der Waals surface area contributed by atoms with Gasteiger partial charge < -0.3 is 9.72 Å². The van der Waals surface area contributed by atoms with Crippen molar-refractivity contribution < 1.29 is 14.3 Å². The van der Waals surface area contributed by atoms with E-state index in [0.29, 0.717) is 10.7 Å². The molecule has 0 aliphatic rings. The van der Waals surface area contributed by atoms with Crippen LogP contribution in [0.25, 0.3) is 22.2 Å². The van der Waals surface area contributed by atoms with E-state index >= 15 is 0 Å². The lowest BCUT2D eigenvalue weighted by Crippen LogP contribution is -2.29. The largest absolute Gasteiger partial charge is 0.449 e. The lowest BCUT2D eigenvalue weighted by molar-refractivity contribution is -0.123. The van der Waals surface area contributed by atoms with Crippen molar-refractivity contribution >= 4 is 39.2 Å². The Morgan fingerprint density at radius 3 is 2.68 bits per heavy atom. The minimum absolute atomic E-state index is 0.399. The summed E-state index contributed by atoms with van der Waals surface area (Å²) in [5.74, 6) is -0.980. The zero-order valence-electron chi connectivity index (χ0n) is 15.0. The summed E-state index contributed by atoms with van der Waals surface area (Å²) in [7, 11) is 0. The van der Waals surface area contributed by atoms with Crippen molar-refractivity contribution in [1.29, 1.82) is 0 Å². The predicted molar refractivity (Wildman–Crippen MR) is 109 cm³/mol. The van der Waals surface area contributed by atoms with E-state index < -0.39 is 18.0 Å². The van der Waals surface area contributed by atoms with Crippen LogP contribution >= 0.6 is 11.3 Å². The Kier molecular flexibility index (Phi) is 4.90. The number of carbonyl (C=O) groups excluding carboxylic acids is 2. The maximum absolute atomic E-state index is 12.4. The molecule has 0 unspecified atom stereocenters. The van der Waals surface area contributed by atoms with Crippen LogP contribution in [-0.2, 0) is 9.53 Å². The van der Waals surface area contributed by atoms with Crippen LogP contribution < -0.4 is 5.32 Å². The van der Waals surface area contributed by atoms with E-state index in [2.05, 4.69) is 15.3 Å². The van der Waals surface area contributed by atoms with E-state index in [9.17, 15) is 9.59 Å². The maximum atomic E-state index is 12.4. The van der Waals surface area contributed by atoms with Crippen LogP contribution in [0.5, 0.6) is 0 Å². The highest BCUT2D eigenvalue weighted by atomic mass is 32.1. The first-order valence-corrected chi connectivity index (χ1v) is 9.58. The van der Waals surface area contributed by atoms with E-state index in [1.165, 1.54) is 18.3 Å². The summed E-state index contributed by atoms with van der Waals surface area (Å²) in [5, 5.41) is 5.79. The number of aromatic nitrogens is 2. The topological polar surface area (TPSA) is 84.1 Å². The highest BCUT2D eigenvalue weighted by Gasteiger charge is 2.22. The molecule has 0 spiro atoms. The molecular formula is C21H17N3O3S. The summed E-state index contributed by atoms with van der Waals surface area (Å²) < 4.78 is 5.33. The lowest BCUT2D eigenvalue weighted by Gasteiger charge is -2.12. The molecule has 0 saturated heterocycles. The molecule has 2 aromatic carbocycles. The average molecular weight is 391 g/mol. The zero-order valence-corrected chi connectivity index (χ0v) is 15.8. The molecule has 0 aliphatic carbocycles. The number of anilines is 1. The van der Waals surface area contributed by atoms with Crippen molar-refractivity contribution in [3.63, 3.8) is 0 Å². The normalized spacial score (nSPS) is 11.9. The summed E-state index contributed by atoms with van der Waals surface area (Å²) in [4.78, 5) is 32.3. The van der Waals surface area contributed by atoms with Crippen LogP contribution in [0, 0.1) is 0 Å². The van der Waals surface area contributed by atoms with E-state index in [1.807, 2.05) is 60.0 Å². The fourth-order valence-corrected chi connectivity index (χ4v) is 3.52. The van der Waals surface area contributed by atoms with Gasteiger partial charge in [-0.3, -0.25) is 10.1 Å². The number of nitrogens with zero attached hydrogens (tertiary/aromatic N) is 1.